The number of hydrogen-bond donors (Lipinski definition) is 2. The van der Waals surface area contributed by atoms with Crippen LogP contribution in [0.5, 0.6) is 0 Å². The molecule has 0 bridgehead atoms. The van der Waals surface area contributed by atoms with Gasteiger partial charge in [0.05, 0.1) is 0 Å². The summed E-state index contributed by atoms with van der Waals surface area (Å²) < 4.78 is 0. The molecule has 0 unspecified atom stereocenters. The molecule has 25 heavy (non-hydrogen) atoms. The van der Waals surface area contributed by atoms with Crippen LogP contribution in [0.3, 0.4) is 0 Å². The highest BCUT2D eigenvalue weighted by molar-refractivity contribution is 5.94. The molecule has 1 aromatic carbocycles. The van der Waals surface area contributed by atoms with Crippen LogP contribution in [-0.2, 0) is 11.3 Å². The Hall–Kier alpha value is -1.59. The Morgan fingerprint density at radius 3 is 2.20 bits per heavy atom. The summed E-state index contributed by atoms with van der Waals surface area (Å²) in [6.45, 7) is 8.41. The second-order valence-electron chi connectivity index (χ2n) is 7.60. The first-order valence-corrected chi connectivity index (χ1v) is 8.68. The summed E-state index contributed by atoms with van der Waals surface area (Å²) in [5.74, 6) is 0.643. The van der Waals surface area contributed by atoms with Crippen LogP contribution in [0.25, 0.3) is 0 Å². The van der Waals surface area contributed by atoms with Crippen LogP contribution in [0.15, 0.2) is 24.3 Å². The highest BCUT2D eigenvalue weighted by Gasteiger charge is 2.23. The van der Waals surface area contributed by atoms with Crippen LogP contribution >= 0.6 is 12.4 Å². The van der Waals surface area contributed by atoms with Crippen molar-refractivity contribution >= 4 is 24.2 Å². The van der Waals surface area contributed by atoms with Gasteiger partial charge in [-0.3, -0.25) is 9.59 Å². The van der Waals surface area contributed by atoms with Gasteiger partial charge in [0.2, 0.25) is 5.91 Å². The van der Waals surface area contributed by atoms with Crippen molar-refractivity contribution in [3.8, 4) is 0 Å². The average Bonchev–Trinajstić information content (AvgIpc) is 2.58. The van der Waals surface area contributed by atoms with Crippen molar-refractivity contribution in [2.45, 2.75) is 40.2 Å². The molecule has 1 heterocycles. The van der Waals surface area contributed by atoms with Gasteiger partial charge < -0.3 is 16.0 Å². The number of nitrogens with zero attached hydrogens (tertiary/aromatic N) is 1. The summed E-state index contributed by atoms with van der Waals surface area (Å²) in [5.41, 5.74) is 6.99. The van der Waals surface area contributed by atoms with Gasteiger partial charge in [-0.2, -0.15) is 0 Å². The number of hydrogen-bond acceptors (Lipinski definition) is 3. The lowest BCUT2D eigenvalue weighted by Crippen LogP contribution is -2.40. The standard InChI is InChI=1S/C19H29N3O2.ClH/c1-19(2,3)18(24)21-13-15-4-6-16(7-5-15)17(23)22-10-8-14(12-20)9-11-22;/h4-7,14H,8-13,20H2,1-3H3,(H,21,24);1H. The van der Waals surface area contributed by atoms with Crippen molar-refractivity contribution < 1.29 is 9.59 Å². The lowest BCUT2D eigenvalue weighted by atomic mass is 9.95. The van der Waals surface area contributed by atoms with E-state index >= 15 is 0 Å². The third kappa shape index (κ3) is 6.01. The minimum Gasteiger partial charge on any atom is -0.352 e. The number of carbonyl (C=O) groups is 2. The van der Waals surface area contributed by atoms with E-state index in [1.807, 2.05) is 49.9 Å². The Morgan fingerprint density at radius 1 is 1.16 bits per heavy atom. The van der Waals surface area contributed by atoms with Crippen LogP contribution in [0.1, 0.15) is 49.5 Å². The minimum atomic E-state index is -0.397. The third-order valence-electron chi connectivity index (χ3n) is 4.57. The maximum Gasteiger partial charge on any atom is 0.253 e. The summed E-state index contributed by atoms with van der Waals surface area (Å²) in [6, 6.07) is 7.50. The molecule has 1 aliphatic heterocycles. The quantitative estimate of drug-likeness (QED) is 0.858. The zero-order valence-corrected chi connectivity index (χ0v) is 16.2. The van der Waals surface area contributed by atoms with Crippen LogP contribution in [0.4, 0.5) is 0 Å². The van der Waals surface area contributed by atoms with E-state index in [0.29, 0.717) is 24.6 Å². The number of nitrogens with two attached hydrogens (primary N) is 1. The third-order valence-corrected chi connectivity index (χ3v) is 4.57. The predicted molar refractivity (Wildman–Crippen MR) is 103 cm³/mol. The van der Waals surface area contributed by atoms with Crippen LogP contribution in [0.2, 0.25) is 0 Å². The largest absolute Gasteiger partial charge is 0.352 e. The number of halogens is 1. The topological polar surface area (TPSA) is 75.4 Å². The van der Waals surface area contributed by atoms with E-state index in [2.05, 4.69) is 5.32 Å². The first-order valence-electron chi connectivity index (χ1n) is 8.68. The van der Waals surface area contributed by atoms with Gasteiger partial charge in [0, 0.05) is 30.6 Å². The summed E-state index contributed by atoms with van der Waals surface area (Å²) >= 11 is 0. The SMILES string of the molecule is CC(C)(C)C(=O)NCc1ccc(C(=O)N2CCC(CN)CC2)cc1.Cl. The Morgan fingerprint density at radius 2 is 1.72 bits per heavy atom. The van der Waals surface area contributed by atoms with Gasteiger partial charge in [0.15, 0.2) is 0 Å². The maximum atomic E-state index is 12.5. The van der Waals surface area contributed by atoms with Crippen molar-refractivity contribution in [1.29, 1.82) is 0 Å². The number of likely N-dealkylation sites (tertiary alicyclic amines) is 1. The van der Waals surface area contributed by atoms with E-state index in [-0.39, 0.29) is 24.2 Å². The molecule has 2 amide bonds. The van der Waals surface area contributed by atoms with E-state index in [0.717, 1.165) is 31.5 Å². The number of rotatable bonds is 4. The normalized spacial score (nSPS) is 15.4. The fourth-order valence-electron chi connectivity index (χ4n) is 2.77. The number of nitrogens with one attached hydrogen (secondary N) is 1. The number of amides is 2. The van der Waals surface area contributed by atoms with E-state index in [4.69, 9.17) is 5.73 Å². The molecule has 1 saturated heterocycles. The molecule has 3 N–H and O–H groups in total. The fourth-order valence-corrected chi connectivity index (χ4v) is 2.77. The molecule has 0 aromatic heterocycles. The first-order chi connectivity index (χ1) is 11.3. The molecule has 0 saturated carbocycles. The molecule has 1 fully saturated rings. The van der Waals surface area contributed by atoms with E-state index < -0.39 is 5.41 Å². The van der Waals surface area contributed by atoms with E-state index in [9.17, 15) is 9.59 Å². The Balaban J connectivity index is 0.00000312. The summed E-state index contributed by atoms with van der Waals surface area (Å²) in [7, 11) is 0. The van der Waals surface area contributed by atoms with Crippen molar-refractivity contribution in [2.75, 3.05) is 19.6 Å². The molecule has 0 aliphatic carbocycles. The molecule has 1 aromatic rings. The molecule has 6 heteroatoms. The monoisotopic (exact) mass is 367 g/mol. The van der Waals surface area contributed by atoms with Crippen LogP contribution in [-0.4, -0.2) is 36.3 Å². The van der Waals surface area contributed by atoms with Gasteiger partial charge in [0.25, 0.3) is 5.91 Å². The van der Waals surface area contributed by atoms with Gasteiger partial charge in [0.1, 0.15) is 0 Å². The molecule has 1 aliphatic rings. The second-order valence-corrected chi connectivity index (χ2v) is 7.60. The molecule has 2 rings (SSSR count). The fraction of sp³-hybridized carbons (Fsp3) is 0.579. The lowest BCUT2D eigenvalue weighted by Gasteiger charge is -2.31. The highest BCUT2D eigenvalue weighted by Crippen LogP contribution is 2.18. The summed E-state index contributed by atoms with van der Waals surface area (Å²) in [4.78, 5) is 26.3. The van der Waals surface area contributed by atoms with Crippen molar-refractivity contribution in [3.05, 3.63) is 35.4 Å². The Bertz CT molecular complexity index is 573. The van der Waals surface area contributed by atoms with E-state index in [1.165, 1.54) is 0 Å². The maximum absolute atomic E-state index is 12.5. The lowest BCUT2D eigenvalue weighted by molar-refractivity contribution is -0.128. The van der Waals surface area contributed by atoms with Gasteiger partial charge in [-0.15, -0.1) is 12.4 Å². The van der Waals surface area contributed by atoms with Gasteiger partial charge in [-0.25, -0.2) is 0 Å². The van der Waals surface area contributed by atoms with Gasteiger partial charge in [-0.05, 0) is 43.0 Å². The molecule has 0 atom stereocenters. The summed E-state index contributed by atoms with van der Waals surface area (Å²) in [6.07, 6.45) is 1.97. The first kappa shape index (κ1) is 21.5. The Labute approximate surface area is 156 Å². The van der Waals surface area contributed by atoms with E-state index in [1.54, 1.807) is 0 Å². The minimum absolute atomic E-state index is 0. The second kappa shape index (κ2) is 9.20. The Kier molecular flexibility index (Phi) is 7.90. The van der Waals surface area contributed by atoms with Crippen molar-refractivity contribution in [1.82, 2.24) is 10.2 Å². The zero-order chi connectivity index (χ0) is 17.7. The predicted octanol–water partition coefficient (Wildman–Crippen LogP) is 2.58. The summed E-state index contributed by atoms with van der Waals surface area (Å²) in [5, 5.41) is 2.92. The molecule has 0 spiro atoms. The van der Waals surface area contributed by atoms with Crippen molar-refractivity contribution in [2.24, 2.45) is 17.1 Å². The van der Waals surface area contributed by atoms with Gasteiger partial charge >= 0.3 is 0 Å². The molecular formula is C19H30ClN3O2. The average molecular weight is 368 g/mol. The molecular weight excluding hydrogens is 338 g/mol. The number of carbonyl (C=O) groups excluding carboxylic acids is 2. The van der Waals surface area contributed by atoms with Crippen LogP contribution in [0, 0.1) is 11.3 Å². The highest BCUT2D eigenvalue weighted by atomic mass is 35.5. The van der Waals surface area contributed by atoms with Crippen molar-refractivity contribution in [3.63, 3.8) is 0 Å². The number of piperidine rings is 1. The molecule has 140 valence electrons. The number of benzene rings is 1. The molecule has 5 nitrogen and oxygen atoms in total. The zero-order valence-electron chi connectivity index (χ0n) is 15.4. The molecule has 0 radical (unpaired) electrons. The smallest absolute Gasteiger partial charge is 0.253 e. The van der Waals surface area contributed by atoms with Crippen LogP contribution < -0.4 is 11.1 Å². The van der Waals surface area contributed by atoms with Gasteiger partial charge in [-0.1, -0.05) is 32.9 Å².